The van der Waals surface area contributed by atoms with Crippen LogP contribution in [0.4, 0.5) is 0 Å². The molecule has 4 rings (SSSR count). The van der Waals surface area contributed by atoms with Gasteiger partial charge in [0.1, 0.15) is 24.4 Å². The van der Waals surface area contributed by atoms with Gasteiger partial charge in [-0.1, -0.05) is 96.1 Å². The van der Waals surface area contributed by atoms with E-state index in [0.717, 1.165) is 16.7 Å². The summed E-state index contributed by atoms with van der Waals surface area (Å²) in [5.41, 5.74) is 12.1. The third-order valence-electron chi connectivity index (χ3n) is 5.78. The van der Waals surface area contributed by atoms with Gasteiger partial charge in [0.2, 0.25) is 0 Å². The van der Waals surface area contributed by atoms with Crippen molar-refractivity contribution in [3.63, 3.8) is 0 Å². The Morgan fingerprint density at radius 1 is 0.743 bits per heavy atom. The van der Waals surface area contributed by atoms with Gasteiger partial charge in [0.05, 0.1) is 26.4 Å². The lowest BCUT2D eigenvalue weighted by atomic mass is 9.96. The fourth-order valence-electron chi connectivity index (χ4n) is 4.02. The van der Waals surface area contributed by atoms with Gasteiger partial charge in [0.25, 0.3) is 0 Å². The number of hydrogen-bond acceptors (Lipinski definition) is 6. The molecule has 3 aromatic rings. The van der Waals surface area contributed by atoms with Crippen LogP contribution in [0.2, 0.25) is 0 Å². The van der Waals surface area contributed by atoms with Crippen LogP contribution in [0.25, 0.3) is 10.4 Å². The minimum absolute atomic E-state index is 0.166. The van der Waals surface area contributed by atoms with Crippen LogP contribution in [-0.4, -0.2) is 42.4 Å². The first kappa shape index (κ1) is 24.9. The minimum Gasteiger partial charge on any atom is -0.374 e. The molecule has 0 spiro atoms. The van der Waals surface area contributed by atoms with Crippen molar-refractivity contribution in [3.8, 4) is 0 Å². The van der Waals surface area contributed by atoms with Gasteiger partial charge < -0.3 is 24.1 Å². The fourth-order valence-corrected chi connectivity index (χ4v) is 4.02. The van der Waals surface area contributed by atoms with Crippen LogP contribution in [0.15, 0.2) is 96.1 Å². The molecule has 5 atom stereocenters. The van der Waals surface area contributed by atoms with Crippen molar-refractivity contribution in [2.24, 2.45) is 5.11 Å². The van der Waals surface area contributed by atoms with Crippen molar-refractivity contribution in [1.29, 1.82) is 0 Å². The average molecular weight is 476 g/mol. The van der Waals surface area contributed by atoms with Crippen LogP contribution in [0.3, 0.4) is 0 Å². The lowest BCUT2D eigenvalue weighted by molar-refractivity contribution is -0.273. The molecule has 0 saturated carbocycles. The van der Waals surface area contributed by atoms with Crippen molar-refractivity contribution in [1.82, 2.24) is 0 Å². The molecule has 1 aliphatic heterocycles. The predicted molar refractivity (Wildman–Crippen MR) is 130 cm³/mol. The molecule has 0 radical (unpaired) electrons. The number of aliphatic hydroxyl groups excluding tert-OH is 1. The van der Waals surface area contributed by atoms with Crippen molar-refractivity contribution in [3.05, 3.63) is 118 Å². The Kier molecular flexibility index (Phi) is 9.25. The van der Waals surface area contributed by atoms with E-state index < -0.39 is 30.6 Å². The molecule has 1 heterocycles. The van der Waals surface area contributed by atoms with Gasteiger partial charge in [0, 0.05) is 4.91 Å². The zero-order valence-corrected chi connectivity index (χ0v) is 19.3. The number of nitrogens with zero attached hydrogens (tertiary/aromatic N) is 3. The predicted octanol–water partition coefficient (Wildman–Crippen LogP) is 4.77. The van der Waals surface area contributed by atoms with E-state index in [2.05, 4.69) is 10.0 Å². The zero-order chi connectivity index (χ0) is 24.3. The highest BCUT2D eigenvalue weighted by atomic mass is 16.7. The smallest absolute Gasteiger partial charge is 0.166 e. The molecular weight excluding hydrogens is 446 g/mol. The van der Waals surface area contributed by atoms with Crippen LogP contribution >= 0.6 is 0 Å². The SMILES string of the molecule is [N-]=[N+]=N[C@@H]1C(O)O[C@H](COCc2ccccc2)[C@@H](OCc2ccccc2)[C@H]1OCc1ccccc1. The molecule has 1 fully saturated rings. The molecule has 0 amide bonds. The molecule has 0 aliphatic carbocycles. The summed E-state index contributed by atoms with van der Waals surface area (Å²) in [7, 11) is 0. The molecule has 0 bridgehead atoms. The summed E-state index contributed by atoms with van der Waals surface area (Å²) in [6.07, 6.45) is -3.38. The van der Waals surface area contributed by atoms with Gasteiger partial charge in [-0.25, -0.2) is 0 Å². The minimum atomic E-state index is -1.35. The standard InChI is InChI=1S/C27H29N3O5/c28-30-29-24-26(34-18-22-14-8-3-9-15-22)25(33-17-21-12-6-2-7-13-21)23(35-27(24)31)19-32-16-20-10-4-1-5-11-20/h1-15,23-27,31H,16-19H2/t23-,24+,25-,26+,27?/m1/s1. The maximum absolute atomic E-state index is 10.7. The van der Waals surface area contributed by atoms with Crippen molar-refractivity contribution < 1.29 is 24.1 Å². The quantitative estimate of drug-likeness (QED) is 0.244. The normalized spacial score (nSPS) is 24.0. The monoisotopic (exact) mass is 475 g/mol. The molecule has 8 heteroatoms. The topological polar surface area (TPSA) is 106 Å². The van der Waals surface area contributed by atoms with Crippen molar-refractivity contribution >= 4 is 0 Å². The Labute approximate surface area is 204 Å². The number of aliphatic hydroxyl groups is 1. The molecule has 35 heavy (non-hydrogen) atoms. The van der Waals surface area contributed by atoms with Gasteiger partial charge in [0.15, 0.2) is 6.29 Å². The first-order chi connectivity index (χ1) is 17.2. The number of ether oxygens (including phenoxy) is 4. The Hall–Kier alpha value is -3.23. The van der Waals surface area contributed by atoms with Crippen LogP contribution in [-0.2, 0) is 38.8 Å². The summed E-state index contributed by atoms with van der Waals surface area (Å²) < 4.78 is 24.3. The zero-order valence-electron chi connectivity index (χ0n) is 19.3. The number of rotatable bonds is 11. The highest BCUT2D eigenvalue weighted by molar-refractivity contribution is 5.15. The van der Waals surface area contributed by atoms with E-state index in [9.17, 15) is 5.11 Å². The Bertz CT molecular complexity index is 1060. The van der Waals surface area contributed by atoms with Crippen LogP contribution in [0.5, 0.6) is 0 Å². The third-order valence-corrected chi connectivity index (χ3v) is 5.78. The molecule has 1 aliphatic rings. The Morgan fingerprint density at radius 2 is 1.23 bits per heavy atom. The molecule has 182 valence electrons. The van der Waals surface area contributed by atoms with Gasteiger partial charge in [-0.2, -0.15) is 0 Å². The van der Waals surface area contributed by atoms with Gasteiger partial charge >= 0.3 is 0 Å². The lowest BCUT2D eigenvalue weighted by Crippen LogP contribution is -2.59. The van der Waals surface area contributed by atoms with E-state index in [0.29, 0.717) is 13.2 Å². The second-order valence-corrected chi connectivity index (χ2v) is 8.28. The van der Waals surface area contributed by atoms with Crippen molar-refractivity contribution in [2.45, 2.75) is 50.5 Å². The lowest BCUT2D eigenvalue weighted by Gasteiger charge is -2.43. The summed E-state index contributed by atoms with van der Waals surface area (Å²) >= 11 is 0. The molecule has 1 unspecified atom stereocenters. The molecule has 1 saturated heterocycles. The summed E-state index contributed by atoms with van der Waals surface area (Å²) in [6, 6.07) is 28.2. The first-order valence-electron chi connectivity index (χ1n) is 11.5. The summed E-state index contributed by atoms with van der Waals surface area (Å²) in [4.78, 5) is 2.91. The van der Waals surface area contributed by atoms with Gasteiger partial charge in [-0.15, -0.1) is 0 Å². The first-order valence-corrected chi connectivity index (χ1v) is 11.5. The molecular formula is C27H29N3O5. The highest BCUT2D eigenvalue weighted by Gasteiger charge is 2.46. The summed E-state index contributed by atoms with van der Waals surface area (Å²) in [6.45, 7) is 1.11. The van der Waals surface area contributed by atoms with Crippen LogP contribution in [0, 0.1) is 0 Å². The number of azide groups is 1. The fraction of sp³-hybridized carbons (Fsp3) is 0.333. The van der Waals surface area contributed by atoms with Crippen LogP contribution < -0.4 is 0 Å². The van der Waals surface area contributed by atoms with Crippen LogP contribution in [0.1, 0.15) is 16.7 Å². The van der Waals surface area contributed by atoms with E-state index >= 15 is 0 Å². The van der Waals surface area contributed by atoms with Gasteiger partial charge in [-0.3, -0.25) is 0 Å². The molecule has 8 nitrogen and oxygen atoms in total. The molecule has 3 aromatic carbocycles. The number of hydrogen-bond donors (Lipinski definition) is 1. The van der Waals surface area contributed by atoms with E-state index in [1.807, 2.05) is 91.0 Å². The molecule has 1 N–H and O–H groups in total. The number of benzene rings is 3. The van der Waals surface area contributed by atoms with E-state index in [-0.39, 0.29) is 13.2 Å². The Balaban J connectivity index is 1.52. The third kappa shape index (κ3) is 7.13. The summed E-state index contributed by atoms with van der Waals surface area (Å²) in [5, 5.41) is 14.5. The summed E-state index contributed by atoms with van der Waals surface area (Å²) in [5.74, 6) is 0. The van der Waals surface area contributed by atoms with E-state index in [1.54, 1.807) is 0 Å². The maximum Gasteiger partial charge on any atom is 0.166 e. The van der Waals surface area contributed by atoms with Crippen molar-refractivity contribution in [2.75, 3.05) is 6.61 Å². The average Bonchev–Trinajstić information content (AvgIpc) is 2.90. The van der Waals surface area contributed by atoms with E-state index in [4.69, 9.17) is 24.5 Å². The molecule has 0 aromatic heterocycles. The largest absolute Gasteiger partial charge is 0.374 e. The van der Waals surface area contributed by atoms with E-state index in [1.165, 1.54) is 0 Å². The highest BCUT2D eigenvalue weighted by Crippen LogP contribution is 2.29. The van der Waals surface area contributed by atoms with Gasteiger partial charge in [-0.05, 0) is 22.2 Å². The second-order valence-electron chi connectivity index (χ2n) is 8.28. The Morgan fingerprint density at radius 3 is 1.74 bits per heavy atom. The second kappa shape index (κ2) is 13.0. The maximum atomic E-state index is 10.7.